The van der Waals surface area contributed by atoms with Gasteiger partial charge in [0.15, 0.2) is 5.84 Å². The van der Waals surface area contributed by atoms with Gasteiger partial charge in [0.2, 0.25) is 11.8 Å². The smallest absolute Gasteiger partial charge is 0.285 e. The second-order valence-corrected chi connectivity index (χ2v) is 8.65. The summed E-state index contributed by atoms with van der Waals surface area (Å²) in [7, 11) is -2.14. The van der Waals surface area contributed by atoms with Gasteiger partial charge in [0, 0.05) is 31.4 Å². The summed E-state index contributed by atoms with van der Waals surface area (Å²) in [4.78, 5) is 18.2. The molecule has 8 nitrogen and oxygen atoms in total. The van der Waals surface area contributed by atoms with Crippen molar-refractivity contribution in [1.29, 1.82) is 0 Å². The van der Waals surface area contributed by atoms with Crippen molar-refractivity contribution in [3.05, 3.63) is 83.8 Å². The minimum absolute atomic E-state index is 0.0767. The van der Waals surface area contributed by atoms with Gasteiger partial charge in [-0.15, -0.1) is 4.40 Å². The molecule has 4 rings (SSSR count). The van der Waals surface area contributed by atoms with Crippen molar-refractivity contribution in [2.45, 2.75) is 11.4 Å². The van der Waals surface area contributed by atoms with Crippen molar-refractivity contribution in [3.63, 3.8) is 0 Å². The Hall–Kier alpha value is -3.79. The first kappa shape index (κ1) is 21.4. The molecule has 0 saturated heterocycles. The van der Waals surface area contributed by atoms with E-state index in [2.05, 4.69) is 14.7 Å². The standard InChI is InChI=1S/C22H19FN4O4S/c1-27(22-18-4-2-3-5-19(18)32(29,30)26-22)14-20(28)25-13-15-10-11-24-21(12-15)31-17-8-6-16(23)7-9-17/h2-12H,13-14H2,1H3,(H,25,28). The van der Waals surface area contributed by atoms with Gasteiger partial charge in [-0.2, -0.15) is 8.42 Å². The topological polar surface area (TPSA) is 101 Å². The third-order valence-corrected chi connectivity index (χ3v) is 6.00. The van der Waals surface area contributed by atoms with Crippen LogP contribution in [0.2, 0.25) is 0 Å². The van der Waals surface area contributed by atoms with Crippen LogP contribution in [0.25, 0.3) is 0 Å². The van der Waals surface area contributed by atoms with Gasteiger partial charge in [-0.25, -0.2) is 9.37 Å². The van der Waals surface area contributed by atoms with Crippen LogP contribution in [-0.4, -0.2) is 43.6 Å². The quantitative estimate of drug-likeness (QED) is 0.615. The van der Waals surface area contributed by atoms with Crippen LogP contribution in [0.3, 0.4) is 0 Å². The molecule has 0 radical (unpaired) electrons. The molecule has 1 aliphatic rings. The molecule has 10 heteroatoms. The highest BCUT2D eigenvalue weighted by Crippen LogP contribution is 2.26. The first-order valence-corrected chi connectivity index (χ1v) is 11.1. The Morgan fingerprint density at radius 1 is 1.12 bits per heavy atom. The highest BCUT2D eigenvalue weighted by atomic mass is 32.2. The fraction of sp³-hybridized carbons (Fsp3) is 0.136. The molecule has 0 spiro atoms. The maximum absolute atomic E-state index is 13.0. The Morgan fingerprint density at radius 3 is 2.66 bits per heavy atom. The predicted octanol–water partition coefficient (Wildman–Crippen LogP) is 2.71. The zero-order chi connectivity index (χ0) is 22.7. The summed E-state index contributed by atoms with van der Waals surface area (Å²) in [5, 5.41) is 2.78. The molecule has 164 valence electrons. The van der Waals surface area contributed by atoms with Crippen LogP contribution in [0.4, 0.5) is 4.39 Å². The number of carbonyl (C=O) groups is 1. The van der Waals surface area contributed by atoms with Crippen molar-refractivity contribution in [2.75, 3.05) is 13.6 Å². The van der Waals surface area contributed by atoms with Crippen LogP contribution in [0.15, 0.2) is 76.2 Å². The molecule has 2 aromatic carbocycles. The number of amides is 1. The molecule has 0 aliphatic carbocycles. The fourth-order valence-electron chi connectivity index (χ4n) is 3.15. The molecule has 1 N–H and O–H groups in total. The summed E-state index contributed by atoms with van der Waals surface area (Å²) in [5.74, 6) is 0.303. The number of pyridine rings is 1. The number of halogens is 1. The Labute approximate surface area is 184 Å². The molecule has 0 saturated carbocycles. The van der Waals surface area contributed by atoms with Crippen molar-refractivity contribution in [1.82, 2.24) is 15.2 Å². The number of carbonyl (C=O) groups excluding carboxylic acids is 1. The highest BCUT2D eigenvalue weighted by molar-refractivity contribution is 7.90. The lowest BCUT2D eigenvalue weighted by Gasteiger charge is -2.18. The Bertz CT molecular complexity index is 1290. The lowest BCUT2D eigenvalue weighted by atomic mass is 10.2. The lowest BCUT2D eigenvalue weighted by molar-refractivity contribution is -0.121. The van der Waals surface area contributed by atoms with Gasteiger partial charge in [-0.05, 0) is 48.0 Å². The number of nitrogens with one attached hydrogen (secondary N) is 1. The SMILES string of the molecule is CN(CC(=O)NCc1ccnc(Oc2ccc(F)cc2)c1)C1=NS(=O)(=O)c2ccccc21. The van der Waals surface area contributed by atoms with E-state index in [1.807, 2.05) is 0 Å². The van der Waals surface area contributed by atoms with Crippen LogP contribution in [0.5, 0.6) is 11.6 Å². The molecule has 0 atom stereocenters. The van der Waals surface area contributed by atoms with Crippen LogP contribution in [0, 0.1) is 5.82 Å². The van der Waals surface area contributed by atoms with E-state index in [0.717, 1.165) is 5.56 Å². The number of likely N-dealkylation sites (N-methyl/N-ethyl adjacent to an activating group) is 1. The Morgan fingerprint density at radius 2 is 1.88 bits per heavy atom. The summed E-state index contributed by atoms with van der Waals surface area (Å²) >= 11 is 0. The molecule has 3 aromatic rings. The van der Waals surface area contributed by atoms with E-state index in [0.29, 0.717) is 17.2 Å². The zero-order valence-corrected chi connectivity index (χ0v) is 17.8. The van der Waals surface area contributed by atoms with Crippen molar-refractivity contribution < 1.29 is 22.3 Å². The molecular formula is C22H19FN4O4S. The lowest BCUT2D eigenvalue weighted by Crippen LogP contribution is -2.38. The van der Waals surface area contributed by atoms with E-state index in [1.165, 1.54) is 35.2 Å². The van der Waals surface area contributed by atoms with Crippen LogP contribution in [-0.2, 0) is 21.4 Å². The third kappa shape index (κ3) is 4.75. The van der Waals surface area contributed by atoms with Crippen LogP contribution >= 0.6 is 0 Å². The van der Waals surface area contributed by atoms with E-state index in [4.69, 9.17) is 4.74 Å². The predicted molar refractivity (Wildman–Crippen MR) is 115 cm³/mol. The number of ether oxygens (including phenoxy) is 1. The van der Waals surface area contributed by atoms with E-state index >= 15 is 0 Å². The molecule has 1 amide bonds. The van der Waals surface area contributed by atoms with Gasteiger partial charge >= 0.3 is 0 Å². The molecular weight excluding hydrogens is 435 g/mol. The zero-order valence-electron chi connectivity index (χ0n) is 17.0. The summed E-state index contributed by atoms with van der Waals surface area (Å²) < 4.78 is 46.8. The van der Waals surface area contributed by atoms with Gasteiger partial charge in [0.1, 0.15) is 16.5 Å². The number of hydrogen-bond acceptors (Lipinski definition) is 6. The molecule has 32 heavy (non-hydrogen) atoms. The summed E-state index contributed by atoms with van der Waals surface area (Å²) in [6.07, 6.45) is 1.54. The number of aromatic nitrogens is 1. The van der Waals surface area contributed by atoms with Gasteiger partial charge in [0.25, 0.3) is 10.0 Å². The molecule has 0 fully saturated rings. The molecule has 1 aliphatic heterocycles. The van der Waals surface area contributed by atoms with Crippen LogP contribution in [0.1, 0.15) is 11.1 Å². The number of benzene rings is 2. The molecule has 1 aromatic heterocycles. The minimum Gasteiger partial charge on any atom is -0.439 e. The first-order chi connectivity index (χ1) is 15.3. The van der Waals surface area contributed by atoms with Crippen molar-refractivity contribution >= 4 is 21.8 Å². The summed E-state index contributed by atoms with van der Waals surface area (Å²) in [5.41, 5.74) is 1.22. The number of rotatable bonds is 6. The third-order valence-electron chi connectivity index (χ3n) is 4.68. The van der Waals surface area contributed by atoms with E-state index in [1.54, 1.807) is 43.6 Å². The number of nitrogens with zero attached hydrogens (tertiary/aromatic N) is 3. The van der Waals surface area contributed by atoms with E-state index < -0.39 is 10.0 Å². The summed E-state index contributed by atoms with van der Waals surface area (Å²) in [6.45, 7) is 0.142. The molecule has 0 bridgehead atoms. The minimum atomic E-state index is -3.75. The summed E-state index contributed by atoms with van der Waals surface area (Å²) in [6, 6.07) is 15.4. The number of amidine groups is 1. The molecule has 0 unspecified atom stereocenters. The number of fused-ring (bicyclic) bond motifs is 1. The molecule has 2 heterocycles. The highest BCUT2D eigenvalue weighted by Gasteiger charge is 2.30. The number of hydrogen-bond donors (Lipinski definition) is 1. The monoisotopic (exact) mass is 454 g/mol. The second kappa shape index (κ2) is 8.75. The number of sulfonamides is 1. The van der Waals surface area contributed by atoms with Gasteiger partial charge in [-0.1, -0.05) is 12.1 Å². The maximum Gasteiger partial charge on any atom is 0.285 e. The van der Waals surface area contributed by atoms with Crippen molar-refractivity contribution in [3.8, 4) is 11.6 Å². The maximum atomic E-state index is 13.0. The van der Waals surface area contributed by atoms with Gasteiger partial charge < -0.3 is 15.0 Å². The average Bonchev–Trinajstić information content (AvgIpc) is 3.06. The van der Waals surface area contributed by atoms with E-state index in [-0.39, 0.29) is 35.5 Å². The Balaban J connectivity index is 1.36. The van der Waals surface area contributed by atoms with Gasteiger partial charge in [0.05, 0.1) is 6.54 Å². The van der Waals surface area contributed by atoms with E-state index in [9.17, 15) is 17.6 Å². The largest absolute Gasteiger partial charge is 0.439 e. The normalized spacial score (nSPS) is 13.8. The van der Waals surface area contributed by atoms with Crippen molar-refractivity contribution in [2.24, 2.45) is 4.40 Å². The fourth-order valence-corrected chi connectivity index (χ4v) is 4.40. The first-order valence-electron chi connectivity index (χ1n) is 9.62. The second-order valence-electron chi connectivity index (χ2n) is 7.08. The van der Waals surface area contributed by atoms with Crippen LogP contribution < -0.4 is 10.1 Å². The Kier molecular flexibility index (Phi) is 5.87. The van der Waals surface area contributed by atoms with Gasteiger partial charge in [-0.3, -0.25) is 4.79 Å². The average molecular weight is 454 g/mol.